The minimum Gasteiger partial charge on any atom is -0.492 e. The van der Waals surface area contributed by atoms with E-state index in [-0.39, 0.29) is 5.54 Å². The number of benzene rings is 2. The highest BCUT2D eigenvalue weighted by molar-refractivity contribution is 5.93. The van der Waals surface area contributed by atoms with Gasteiger partial charge in [0.1, 0.15) is 17.9 Å². The summed E-state index contributed by atoms with van der Waals surface area (Å²) in [6.07, 6.45) is 7.09. The summed E-state index contributed by atoms with van der Waals surface area (Å²) in [5.74, 6) is 10.9. The summed E-state index contributed by atoms with van der Waals surface area (Å²) >= 11 is 0. The summed E-state index contributed by atoms with van der Waals surface area (Å²) in [6.45, 7) is 8.66. The lowest BCUT2D eigenvalue weighted by Crippen LogP contribution is -2.43. The number of likely N-dealkylation sites (N-methyl/N-ethyl adjacent to an activating group) is 2. The van der Waals surface area contributed by atoms with Crippen LogP contribution < -0.4 is 10.1 Å². The Bertz CT molecular complexity index is 1250. The van der Waals surface area contributed by atoms with Crippen molar-refractivity contribution in [1.82, 2.24) is 19.8 Å². The molecule has 0 aliphatic heterocycles. The van der Waals surface area contributed by atoms with Crippen molar-refractivity contribution in [3.05, 3.63) is 53.9 Å². The molecule has 0 radical (unpaired) electrons. The lowest BCUT2D eigenvalue weighted by atomic mass is 10.0. The second-order valence-electron chi connectivity index (χ2n) is 8.90. The molecule has 6 heteroatoms. The Balaban J connectivity index is 2.01. The van der Waals surface area contributed by atoms with Crippen LogP contribution in [0.4, 0.5) is 11.5 Å². The summed E-state index contributed by atoms with van der Waals surface area (Å²) in [6, 6.07) is 11.6. The number of nitrogens with one attached hydrogen (secondary N) is 1. The zero-order valence-electron chi connectivity index (χ0n) is 20.9. The van der Waals surface area contributed by atoms with E-state index in [2.05, 4.69) is 77.8 Å². The van der Waals surface area contributed by atoms with E-state index in [4.69, 9.17) is 11.2 Å². The highest BCUT2D eigenvalue weighted by Gasteiger charge is 2.21. The Labute approximate surface area is 203 Å². The Morgan fingerprint density at radius 2 is 1.88 bits per heavy atom. The molecule has 1 heterocycles. The quantitative estimate of drug-likeness (QED) is 0.509. The second-order valence-corrected chi connectivity index (χ2v) is 8.90. The van der Waals surface area contributed by atoms with Gasteiger partial charge in [0.25, 0.3) is 0 Å². The highest BCUT2D eigenvalue weighted by atomic mass is 16.5. The molecule has 3 aromatic rings. The van der Waals surface area contributed by atoms with Crippen LogP contribution in [0.5, 0.6) is 5.75 Å². The molecule has 0 unspecified atom stereocenters. The Morgan fingerprint density at radius 3 is 2.59 bits per heavy atom. The van der Waals surface area contributed by atoms with Crippen molar-refractivity contribution in [2.24, 2.45) is 0 Å². The first-order valence-electron chi connectivity index (χ1n) is 11.4. The van der Waals surface area contributed by atoms with Crippen LogP contribution in [0.15, 0.2) is 42.7 Å². The minimum atomic E-state index is -0.307. The third-order valence-electron chi connectivity index (χ3n) is 5.67. The first kappa shape index (κ1) is 25.1. The average molecular weight is 456 g/mol. The van der Waals surface area contributed by atoms with Gasteiger partial charge in [-0.3, -0.25) is 4.90 Å². The van der Waals surface area contributed by atoms with Crippen LogP contribution in [-0.2, 0) is 0 Å². The van der Waals surface area contributed by atoms with Gasteiger partial charge in [-0.2, -0.15) is 0 Å². The fourth-order valence-electron chi connectivity index (χ4n) is 3.32. The van der Waals surface area contributed by atoms with Crippen LogP contribution in [-0.4, -0.2) is 66.1 Å². The van der Waals surface area contributed by atoms with Gasteiger partial charge in [0.2, 0.25) is 0 Å². The maximum atomic E-state index is 5.91. The molecule has 0 amide bonds. The summed E-state index contributed by atoms with van der Waals surface area (Å²) in [7, 11) is 6.25. The number of hydrogen-bond acceptors (Lipinski definition) is 6. The summed E-state index contributed by atoms with van der Waals surface area (Å²) < 4.78 is 5.91. The third kappa shape index (κ3) is 6.26. The molecule has 34 heavy (non-hydrogen) atoms. The molecule has 176 valence electrons. The number of anilines is 2. The molecule has 1 N–H and O–H groups in total. The van der Waals surface area contributed by atoms with Crippen molar-refractivity contribution < 1.29 is 4.74 Å². The van der Waals surface area contributed by atoms with Crippen molar-refractivity contribution in [3.63, 3.8) is 0 Å². The molecule has 1 aromatic heterocycles. The van der Waals surface area contributed by atoms with Crippen molar-refractivity contribution in [2.45, 2.75) is 26.3 Å². The average Bonchev–Trinajstić information content (AvgIpc) is 2.81. The summed E-state index contributed by atoms with van der Waals surface area (Å²) in [4.78, 5) is 13.4. The number of hydrogen-bond donors (Lipinski definition) is 1. The largest absolute Gasteiger partial charge is 0.492 e. The van der Waals surface area contributed by atoms with Gasteiger partial charge in [0.15, 0.2) is 0 Å². The van der Waals surface area contributed by atoms with Gasteiger partial charge < -0.3 is 15.0 Å². The van der Waals surface area contributed by atoms with E-state index >= 15 is 0 Å². The molecular weight excluding hydrogens is 422 g/mol. The maximum absolute atomic E-state index is 5.91. The third-order valence-corrected chi connectivity index (χ3v) is 5.67. The summed E-state index contributed by atoms with van der Waals surface area (Å²) in [5, 5.41) is 4.23. The van der Waals surface area contributed by atoms with Gasteiger partial charge in [0.05, 0.1) is 23.2 Å². The van der Waals surface area contributed by atoms with E-state index in [1.54, 1.807) is 6.33 Å². The lowest BCUT2D eigenvalue weighted by Gasteiger charge is -2.31. The standard InChI is InChI=1S/C28H33N5O/c1-8-21-11-10-12-23(17-21)31-27-24-18-22(26(34-9-2)19-25(24)29-20-30-27)13-14-28(3,4)33(7)16-15-32(5)6/h1,10-12,17-20H,9,15-16H2,2-7H3,(H,29,30,31). The lowest BCUT2D eigenvalue weighted by molar-refractivity contribution is 0.193. The number of terminal acetylenes is 1. The predicted molar refractivity (Wildman–Crippen MR) is 141 cm³/mol. The number of ether oxygens (including phenoxy) is 1. The molecule has 0 saturated carbocycles. The molecule has 2 aromatic carbocycles. The second kappa shape index (κ2) is 11.0. The van der Waals surface area contributed by atoms with Gasteiger partial charge in [-0.1, -0.05) is 23.8 Å². The van der Waals surface area contributed by atoms with Gasteiger partial charge in [-0.05, 0) is 66.2 Å². The van der Waals surface area contributed by atoms with E-state index < -0.39 is 0 Å². The van der Waals surface area contributed by atoms with Crippen LogP contribution in [0.3, 0.4) is 0 Å². The number of rotatable bonds is 8. The Kier molecular flexibility index (Phi) is 8.12. The molecule has 0 saturated heterocycles. The topological polar surface area (TPSA) is 53.5 Å². The van der Waals surface area contributed by atoms with Crippen LogP contribution in [0.2, 0.25) is 0 Å². The maximum Gasteiger partial charge on any atom is 0.141 e. The van der Waals surface area contributed by atoms with Crippen LogP contribution in [0.25, 0.3) is 10.9 Å². The minimum absolute atomic E-state index is 0.307. The van der Waals surface area contributed by atoms with E-state index in [1.807, 2.05) is 43.3 Å². The van der Waals surface area contributed by atoms with Gasteiger partial charge in [0, 0.05) is 35.8 Å². The van der Waals surface area contributed by atoms with E-state index in [9.17, 15) is 0 Å². The van der Waals surface area contributed by atoms with Crippen molar-refractivity contribution >= 4 is 22.4 Å². The predicted octanol–water partition coefficient (Wildman–Crippen LogP) is 4.38. The van der Waals surface area contributed by atoms with E-state index in [0.29, 0.717) is 18.2 Å². The first-order chi connectivity index (χ1) is 16.2. The van der Waals surface area contributed by atoms with Crippen LogP contribution in [0.1, 0.15) is 31.9 Å². The summed E-state index contributed by atoms with van der Waals surface area (Å²) in [5.41, 5.74) is 2.94. The Hall–Kier alpha value is -3.58. The molecule has 0 spiro atoms. The first-order valence-corrected chi connectivity index (χ1v) is 11.4. The SMILES string of the molecule is C#Cc1cccc(Nc2ncnc3cc(OCC)c(C#CC(C)(C)N(C)CCN(C)C)cc23)c1. The number of aromatic nitrogens is 2. The van der Waals surface area contributed by atoms with Gasteiger partial charge >= 0.3 is 0 Å². The molecule has 0 fully saturated rings. The fourth-order valence-corrected chi connectivity index (χ4v) is 3.32. The Morgan fingerprint density at radius 1 is 1.09 bits per heavy atom. The van der Waals surface area contributed by atoms with E-state index in [1.165, 1.54) is 0 Å². The normalized spacial score (nSPS) is 11.3. The zero-order chi connectivity index (χ0) is 24.7. The smallest absolute Gasteiger partial charge is 0.141 e. The molecule has 0 bridgehead atoms. The highest BCUT2D eigenvalue weighted by Crippen LogP contribution is 2.30. The molecule has 3 rings (SSSR count). The number of nitrogens with zero attached hydrogens (tertiary/aromatic N) is 4. The van der Waals surface area contributed by atoms with Crippen molar-refractivity contribution in [1.29, 1.82) is 0 Å². The van der Waals surface area contributed by atoms with Crippen molar-refractivity contribution in [3.8, 4) is 29.9 Å². The van der Waals surface area contributed by atoms with Gasteiger partial charge in [-0.25, -0.2) is 9.97 Å². The molecule has 0 atom stereocenters. The van der Waals surface area contributed by atoms with Crippen LogP contribution >= 0.6 is 0 Å². The van der Waals surface area contributed by atoms with E-state index in [0.717, 1.165) is 40.8 Å². The molecule has 0 aliphatic rings. The molecule has 6 nitrogen and oxygen atoms in total. The van der Waals surface area contributed by atoms with Crippen LogP contribution in [0, 0.1) is 24.2 Å². The molecular formula is C28H33N5O. The van der Waals surface area contributed by atoms with Gasteiger partial charge in [-0.15, -0.1) is 6.42 Å². The monoisotopic (exact) mass is 455 g/mol. The van der Waals surface area contributed by atoms with Crippen molar-refractivity contribution in [2.75, 3.05) is 46.2 Å². The zero-order valence-corrected chi connectivity index (χ0v) is 20.9. The fraction of sp³-hybridized carbons (Fsp3) is 0.357. The number of fused-ring (bicyclic) bond motifs is 1. The molecule has 0 aliphatic carbocycles.